The van der Waals surface area contributed by atoms with Crippen LogP contribution in [0.2, 0.25) is 0 Å². The van der Waals surface area contributed by atoms with E-state index in [0.717, 1.165) is 42.3 Å². The largest absolute Gasteiger partial charge is 0.491 e. The van der Waals surface area contributed by atoms with Gasteiger partial charge in [-0.3, -0.25) is 10.1 Å². The van der Waals surface area contributed by atoms with Crippen LogP contribution in [0.1, 0.15) is 43.6 Å². The molecule has 1 amide bonds. The summed E-state index contributed by atoms with van der Waals surface area (Å²) >= 11 is 1.42. The summed E-state index contributed by atoms with van der Waals surface area (Å²) in [5, 5.41) is 12.3. The summed E-state index contributed by atoms with van der Waals surface area (Å²) in [6.07, 6.45) is 3.65. The third-order valence-corrected chi connectivity index (χ3v) is 5.45. The molecule has 1 aliphatic heterocycles. The fraction of sp³-hybridized carbons (Fsp3) is 0.400. The number of aromatic nitrogens is 4. The Labute approximate surface area is 173 Å². The average molecular weight is 413 g/mol. The number of anilines is 2. The molecule has 4 rings (SSSR count). The first kappa shape index (κ1) is 19.4. The maximum Gasteiger partial charge on any atom is 0.277 e. The standard InChI is InChI=1S/C20H24N6O2S/c1-13(2)28-15-8-6-14(7-9-15)18-21-16(12-29-18)17(27)22-19-23-20(25-24-19)26-10-4-3-5-11-26/h6-9,12-13H,3-5,10-11H2,1-2H3,(H2,22,23,24,25,27). The SMILES string of the molecule is CC(C)Oc1ccc(-c2nc(C(=O)Nc3nc(N4CCCCC4)n[nH]3)cs2)cc1. The van der Waals surface area contributed by atoms with Crippen molar-refractivity contribution in [1.82, 2.24) is 20.2 Å². The number of carbonyl (C=O) groups excluding carboxylic acids is 1. The van der Waals surface area contributed by atoms with Crippen molar-refractivity contribution >= 4 is 29.1 Å². The summed E-state index contributed by atoms with van der Waals surface area (Å²) in [4.78, 5) is 23.5. The highest BCUT2D eigenvalue weighted by molar-refractivity contribution is 7.13. The maximum absolute atomic E-state index is 12.5. The van der Waals surface area contributed by atoms with Gasteiger partial charge in [0.2, 0.25) is 11.9 Å². The van der Waals surface area contributed by atoms with Gasteiger partial charge in [0.1, 0.15) is 16.5 Å². The quantitative estimate of drug-likeness (QED) is 0.636. The Hall–Kier alpha value is -2.94. The van der Waals surface area contributed by atoms with Gasteiger partial charge in [-0.15, -0.1) is 16.4 Å². The maximum atomic E-state index is 12.5. The van der Waals surface area contributed by atoms with E-state index in [1.807, 2.05) is 38.1 Å². The van der Waals surface area contributed by atoms with Gasteiger partial charge < -0.3 is 9.64 Å². The molecule has 0 aliphatic carbocycles. The van der Waals surface area contributed by atoms with Crippen LogP contribution in [0.3, 0.4) is 0 Å². The number of amides is 1. The van der Waals surface area contributed by atoms with Gasteiger partial charge in [-0.05, 0) is 57.4 Å². The lowest BCUT2D eigenvalue weighted by molar-refractivity contribution is 0.102. The first-order chi connectivity index (χ1) is 14.1. The molecule has 152 valence electrons. The van der Waals surface area contributed by atoms with E-state index in [4.69, 9.17) is 4.74 Å². The summed E-state index contributed by atoms with van der Waals surface area (Å²) in [5.41, 5.74) is 1.29. The minimum absolute atomic E-state index is 0.127. The Kier molecular flexibility index (Phi) is 5.75. The first-order valence-electron chi connectivity index (χ1n) is 9.80. The minimum Gasteiger partial charge on any atom is -0.491 e. The summed E-state index contributed by atoms with van der Waals surface area (Å²) < 4.78 is 5.66. The van der Waals surface area contributed by atoms with Gasteiger partial charge in [-0.25, -0.2) is 10.1 Å². The van der Waals surface area contributed by atoms with Crippen LogP contribution in [0, 0.1) is 0 Å². The monoisotopic (exact) mass is 412 g/mol. The summed E-state index contributed by atoms with van der Waals surface area (Å²) in [5.74, 6) is 1.46. The van der Waals surface area contributed by atoms with Gasteiger partial charge in [-0.2, -0.15) is 4.98 Å². The van der Waals surface area contributed by atoms with E-state index in [2.05, 4.69) is 30.4 Å². The van der Waals surface area contributed by atoms with Crippen LogP contribution in [0.25, 0.3) is 10.6 Å². The minimum atomic E-state index is -0.311. The van der Waals surface area contributed by atoms with Crippen molar-refractivity contribution in [3.8, 4) is 16.3 Å². The van der Waals surface area contributed by atoms with Crippen LogP contribution in [0.4, 0.5) is 11.9 Å². The Morgan fingerprint density at radius 3 is 2.66 bits per heavy atom. The van der Waals surface area contributed by atoms with Gasteiger partial charge in [0.25, 0.3) is 5.91 Å². The van der Waals surface area contributed by atoms with Crippen molar-refractivity contribution in [2.45, 2.75) is 39.2 Å². The molecule has 29 heavy (non-hydrogen) atoms. The molecule has 8 nitrogen and oxygen atoms in total. The molecular formula is C20H24N6O2S. The molecule has 0 spiro atoms. The molecule has 0 radical (unpaired) electrons. The number of hydrogen-bond acceptors (Lipinski definition) is 7. The average Bonchev–Trinajstić information content (AvgIpc) is 3.39. The summed E-state index contributed by atoms with van der Waals surface area (Å²) in [7, 11) is 0. The number of hydrogen-bond donors (Lipinski definition) is 2. The highest BCUT2D eigenvalue weighted by Gasteiger charge is 2.18. The second-order valence-corrected chi connectivity index (χ2v) is 8.07. The zero-order valence-corrected chi connectivity index (χ0v) is 17.3. The number of carbonyl (C=O) groups is 1. The number of rotatable bonds is 6. The number of H-pyrrole nitrogens is 1. The molecule has 1 fully saturated rings. The van der Waals surface area contributed by atoms with E-state index in [0.29, 0.717) is 17.6 Å². The normalized spacial score (nSPS) is 14.2. The van der Waals surface area contributed by atoms with E-state index >= 15 is 0 Å². The zero-order valence-electron chi connectivity index (χ0n) is 16.5. The predicted octanol–water partition coefficient (Wildman–Crippen LogP) is 3.96. The van der Waals surface area contributed by atoms with Crippen molar-refractivity contribution in [3.05, 3.63) is 35.3 Å². The van der Waals surface area contributed by atoms with Gasteiger partial charge in [0.05, 0.1) is 6.10 Å². The Bertz CT molecular complexity index is 960. The molecule has 0 saturated carbocycles. The van der Waals surface area contributed by atoms with E-state index in [9.17, 15) is 4.79 Å². The lowest BCUT2D eigenvalue weighted by atomic mass is 10.1. The smallest absolute Gasteiger partial charge is 0.277 e. The Morgan fingerprint density at radius 2 is 1.93 bits per heavy atom. The van der Waals surface area contributed by atoms with Gasteiger partial charge in [0, 0.05) is 24.0 Å². The van der Waals surface area contributed by atoms with Crippen molar-refractivity contribution in [2.24, 2.45) is 0 Å². The second-order valence-electron chi connectivity index (χ2n) is 7.21. The molecule has 3 aromatic rings. The molecule has 2 aromatic heterocycles. The van der Waals surface area contributed by atoms with Crippen molar-refractivity contribution in [2.75, 3.05) is 23.3 Å². The lowest BCUT2D eigenvalue weighted by Gasteiger charge is -2.24. The summed E-state index contributed by atoms with van der Waals surface area (Å²) in [6.45, 7) is 5.87. The van der Waals surface area contributed by atoms with Crippen LogP contribution in [0.5, 0.6) is 5.75 Å². The van der Waals surface area contributed by atoms with Gasteiger partial charge in [0.15, 0.2) is 0 Å². The first-order valence-corrected chi connectivity index (χ1v) is 10.7. The van der Waals surface area contributed by atoms with Gasteiger partial charge in [-0.1, -0.05) is 0 Å². The molecule has 1 saturated heterocycles. The highest BCUT2D eigenvalue weighted by atomic mass is 32.1. The Morgan fingerprint density at radius 1 is 1.17 bits per heavy atom. The van der Waals surface area contributed by atoms with Crippen LogP contribution < -0.4 is 15.0 Å². The molecule has 1 aromatic carbocycles. The lowest BCUT2D eigenvalue weighted by Crippen LogP contribution is -2.30. The molecule has 9 heteroatoms. The number of ether oxygens (including phenoxy) is 1. The summed E-state index contributed by atoms with van der Waals surface area (Å²) in [6, 6.07) is 7.71. The van der Waals surface area contributed by atoms with Crippen molar-refractivity contribution in [3.63, 3.8) is 0 Å². The molecule has 0 unspecified atom stereocenters. The van der Waals surface area contributed by atoms with E-state index < -0.39 is 0 Å². The van der Waals surface area contributed by atoms with E-state index in [1.165, 1.54) is 17.8 Å². The molecule has 0 atom stereocenters. The van der Waals surface area contributed by atoms with Crippen molar-refractivity contribution in [1.29, 1.82) is 0 Å². The van der Waals surface area contributed by atoms with E-state index in [1.54, 1.807) is 5.38 Å². The van der Waals surface area contributed by atoms with Crippen LogP contribution in [-0.2, 0) is 0 Å². The molecule has 2 N–H and O–H groups in total. The number of benzene rings is 1. The topological polar surface area (TPSA) is 96.0 Å². The molecular weight excluding hydrogens is 388 g/mol. The van der Waals surface area contributed by atoms with Crippen molar-refractivity contribution < 1.29 is 9.53 Å². The third-order valence-electron chi connectivity index (χ3n) is 4.55. The number of piperidine rings is 1. The number of aromatic amines is 1. The molecule has 3 heterocycles. The van der Waals surface area contributed by atoms with Crippen LogP contribution >= 0.6 is 11.3 Å². The van der Waals surface area contributed by atoms with E-state index in [-0.39, 0.29) is 12.0 Å². The van der Waals surface area contributed by atoms with Crippen LogP contribution in [0.15, 0.2) is 29.6 Å². The fourth-order valence-corrected chi connectivity index (χ4v) is 3.98. The fourth-order valence-electron chi connectivity index (χ4n) is 3.17. The number of nitrogens with one attached hydrogen (secondary N) is 2. The predicted molar refractivity (Wildman–Crippen MR) is 114 cm³/mol. The third kappa shape index (κ3) is 4.73. The number of thiazole rings is 1. The van der Waals surface area contributed by atoms with Crippen LogP contribution in [-0.4, -0.2) is 45.3 Å². The second kappa shape index (κ2) is 8.60. The molecule has 0 bridgehead atoms. The van der Waals surface area contributed by atoms with Gasteiger partial charge >= 0.3 is 0 Å². The zero-order chi connectivity index (χ0) is 20.2. The number of nitrogens with zero attached hydrogens (tertiary/aromatic N) is 4. The molecule has 1 aliphatic rings. The highest BCUT2D eigenvalue weighted by Crippen LogP contribution is 2.26. The Balaban J connectivity index is 1.40.